The number of anilines is 1. The molecule has 9 heteroatoms. The van der Waals surface area contributed by atoms with Gasteiger partial charge in [0.1, 0.15) is 10.7 Å². The van der Waals surface area contributed by atoms with E-state index in [2.05, 4.69) is 10.4 Å². The van der Waals surface area contributed by atoms with Crippen molar-refractivity contribution in [1.82, 2.24) is 9.78 Å². The molecule has 0 saturated carbocycles. The second-order valence-electron chi connectivity index (χ2n) is 4.55. The molecule has 0 fully saturated rings. The highest BCUT2D eigenvalue weighted by Crippen LogP contribution is 2.35. The number of rotatable bonds is 2. The van der Waals surface area contributed by atoms with Gasteiger partial charge in [0.15, 0.2) is 5.69 Å². The van der Waals surface area contributed by atoms with Crippen molar-refractivity contribution in [3.63, 3.8) is 0 Å². The van der Waals surface area contributed by atoms with Crippen molar-refractivity contribution in [2.75, 3.05) is 5.32 Å². The Labute approximate surface area is 133 Å². The third-order valence-electron chi connectivity index (χ3n) is 2.92. The molecule has 118 valence electrons. The summed E-state index contributed by atoms with van der Waals surface area (Å²) in [7, 11) is 1.21. The van der Waals surface area contributed by atoms with Gasteiger partial charge in [-0.05, 0) is 24.6 Å². The number of carbonyl (C=O) groups excluding carboxylic acids is 1. The van der Waals surface area contributed by atoms with E-state index in [0.29, 0.717) is 16.3 Å². The summed E-state index contributed by atoms with van der Waals surface area (Å²) in [5.41, 5.74) is -0.603. The highest BCUT2D eigenvalue weighted by Gasteiger charge is 2.39. The molecule has 0 bridgehead atoms. The Morgan fingerprint density at radius 3 is 2.50 bits per heavy atom. The topological polar surface area (TPSA) is 46.9 Å². The molecule has 1 heterocycles. The van der Waals surface area contributed by atoms with Gasteiger partial charge in [0.2, 0.25) is 0 Å². The quantitative estimate of drug-likeness (QED) is 0.876. The molecule has 0 unspecified atom stereocenters. The lowest BCUT2D eigenvalue weighted by Gasteiger charge is -2.09. The number of aryl methyl sites for hydroxylation is 2. The predicted molar refractivity (Wildman–Crippen MR) is 77.4 cm³/mol. The largest absolute Gasteiger partial charge is 0.436 e. The highest BCUT2D eigenvalue weighted by atomic mass is 35.5. The fraction of sp³-hybridized carbons (Fsp3) is 0.231. The minimum absolute atomic E-state index is 0.378. The first kappa shape index (κ1) is 16.6. The van der Waals surface area contributed by atoms with Gasteiger partial charge < -0.3 is 5.32 Å². The van der Waals surface area contributed by atoms with Gasteiger partial charge in [-0.1, -0.05) is 29.3 Å². The van der Waals surface area contributed by atoms with Crippen molar-refractivity contribution < 1.29 is 18.0 Å². The Balaban J connectivity index is 2.39. The first-order valence-electron chi connectivity index (χ1n) is 5.98. The smallest absolute Gasteiger partial charge is 0.320 e. The van der Waals surface area contributed by atoms with Crippen molar-refractivity contribution in [1.29, 1.82) is 0 Å². The van der Waals surface area contributed by atoms with Crippen molar-refractivity contribution >= 4 is 34.8 Å². The fourth-order valence-corrected chi connectivity index (χ4v) is 2.36. The van der Waals surface area contributed by atoms with Gasteiger partial charge in [0.25, 0.3) is 5.91 Å². The van der Waals surface area contributed by atoms with Crippen LogP contribution in [0.4, 0.5) is 18.9 Å². The van der Waals surface area contributed by atoms with E-state index in [1.165, 1.54) is 13.1 Å². The van der Waals surface area contributed by atoms with Gasteiger partial charge in [-0.3, -0.25) is 9.48 Å². The number of hydrogen-bond donors (Lipinski definition) is 1. The van der Waals surface area contributed by atoms with Crippen molar-refractivity contribution in [2.24, 2.45) is 7.05 Å². The van der Waals surface area contributed by atoms with Gasteiger partial charge in [-0.25, -0.2) is 0 Å². The van der Waals surface area contributed by atoms with E-state index >= 15 is 0 Å². The van der Waals surface area contributed by atoms with Gasteiger partial charge >= 0.3 is 6.18 Å². The zero-order valence-corrected chi connectivity index (χ0v) is 12.9. The average Bonchev–Trinajstić information content (AvgIpc) is 2.69. The van der Waals surface area contributed by atoms with Crippen LogP contribution in [0, 0.1) is 6.92 Å². The number of nitrogens with zero attached hydrogens (tertiary/aromatic N) is 2. The van der Waals surface area contributed by atoms with E-state index in [1.807, 2.05) is 0 Å². The van der Waals surface area contributed by atoms with Crippen LogP contribution in [-0.2, 0) is 13.2 Å². The molecule has 2 rings (SSSR count). The van der Waals surface area contributed by atoms with Crippen LogP contribution in [0.3, 0.4) is 0 Å². The molecule has 1 N–H and O–H groups in total. The Morgan fingerprint density at radius 2 is 1.95 bits per heavy atom. The van der Waals surface area contributed by atoms with Crippen LogP contribution in [0.5, 0.6) is 0 Å². The molecular weight excluding hydrogens is 342 g/mol. The lowest BCUT2D eigenvalue weighted by atomic mass is 10.2. The summed E-state index contributed by atoms with van der Waals surface area (Å²) in [5.74, 6) is -0.805. The molecule has 0 saturated heterocycles. The second-order valence-corrected chi connectivity index (χ2v) is 5.36. The zero-order valence-electron chi connectivity index (χ0n) is 11.4. The Bertz CT molecular complexity index is 741. The molecule has 0 radical (unpaired) electrons. The molecule has 22 heavy (non-hydrogen) atoms. The number of alkyl halides is 3. The molecule has 0 spiro atoms. The third kappa shape index (κ3) is 3.20. The summed E-state index contributed by atoms with van der Waals surface area (Å²) in [4.78, 5) is 12.2. The van der Waals surface area contributed by atoms with Crippen LogP contribution < -0.4 is 5.32 Å². The van der Waals surface area contributed by atoms with Crippen molar-refractivity contribution in [3.8, 4) is 0 Å². The fourth-order valence-electron chi connectivity index (χ4n) is 1.84. The van der Waals surface area contributed by atoms with Crippen LogP contribution in [0.25, 0.3) is 0 Å². The number of aromatic nitrogens is 2. The summed E-state index contributed by atoms with van der Waals surface area (Å²) in [6.07, 6.45) is -4.74. The number of nitrogens with one attached hydrogen (secondary N) is 1. The molecule has 0 aliphatic rings. The Morgan fingerprint density at radius 1 is 1.32 bits per heavy atom. The average molecular weight is 352 g/mol. The van der Waals surface area contributed by atoms with Gasteiger partial charge in [0, 0.05) is 17.8 Å². The van der Waals surface area contributed by atoms with Gasteiger partial charge in [0.05, 0.1) is 0 Å². The molecule has 2 aromatic rings. The van der Waals surface area contributed by atoms with Crippen molar-refractivity contribution in [3.05, 3.63) is 45.2 Å². The number of hydrogen-bond acceptors (Lipinski definition) is 2. The Kier molecular flexibility index (Phi) is 4.39. The second kappa shape index (κ2) is 5.81. The SMILES string of the molecule is Cc1ccc(Cl)cc1NC(=O)c1c(Cl)c(C(F)(F)F)nn1C. The summed E-state index contributed by atoms with van der Waals surface area (Å²) in [5, 5.41) is 5.37. The molecule has 0 atom stereocenters. The van der Waals surface area contributed by atoms with Gasteiger partial charge in [-0.15, -0.1) is 0 Å². The minimum Gasteiger partial charge on any atom is -0.320 e. The van der Waals surface area contributed by atoms with E-state index < -0.39 is 22.8 Å². The molecule has 0 aliphatic heterocycles. The first-order valence-corrected chi connectivity index (χ1v) is 6.74. The van der Waals surface area contributed by atoms with Crippen LogP contribution in [0.1, 0.15) is 21.7 Å². The molecule has 4 nitrogen and oxygen atoms in total. The molecular formula is C13H10Cl2F3N3O. The highest BCUT2D eigenvalue weighted by molar-refractivity contribution is 6.35. The monoisotopic (exact) mass is 351 g/mol. The normalized spacial score (nSPS) is 11.6. The Hall–Kier alpha value is -1.73. The summed E-state index contributed by atoms with van der Waals surface area (Å²) in [6, 6.07) is 4.79. The van der Waals surface area contributed by atoms with Gasteiger partial charge in [-0.2, -0.15) is 18.3 Å². The standard InChI is InChI=1S/C13H10Cl2F3N3O/c1-6-3-4-7(14)5-8(6)19-12(22)10-9(15)11(13(16,17)18)20-21(10)2/h3-5H,1-2H3,(H,19,22). The van der Waals surface area contributed by atoms with Crippen LogP contribution in [0.15, 0.2) is 18.2 Å². The number of benzene rings is 1. The van der Waals surface area contributed by atoms with Crippen LogP contribution in [-0.4, -0.2) is 15.7 Å². The molecule has 1 aromatic heterocycles. The molecule has 1 aromatic carbocycles. The zero-order chi connectivity index (χ0) is 16.7. The summed E-state index contributed by atoms with van der Waals surface area (Å²) >= 11 is 11.5. The summed E-state index contributed by atoms with van der Waals surface area (Å²) < 4.78 is 39.0. The van der Waals surface area contributed by atoms with E-state index in [0.717, 1.165) is 4.68 Å². The maximum absolute atomic E-state index is 12.7. The van der Waals surface area contributed by atoms with Crippen molar-refractivity contribution in [2.45, 2.75) is 13.1 Å². The van der Waals surface area contributed by atoms with E-state index in [4.69, 9.17) is 23.2 Å². The minimum atomic E-state index is -4.74. The number of halogens is 5. The lowest BCUT2D eigenvalue weighted by molar-refractivity contribution is -0.141. The molecule has 1 amide bonds. The number of amides is 1. The van der Waals surface area contributed by atoms with E-state index in [-0.39, 0.29) is 5.69 Å². The van der Waals surface area contributed by atoms with Crippen LogP contribution in [0.2, 0.25) is 10.0 Å². The predicted octanol–water partition coefficient (Wildman–Crippen LogP) is 4.31. The van der Waals surface area contributed by atoms with E-state index in [9.17, 15) is 18.0 Å². The maximum atomic E-state index is 12.7. The van der Waals surface area contributed by atoms with Crippen LogP contribution >= 0.6 is 23.2 Å². The lowest BCUT2D eigenvalue weighted by Crippen LogP contribution is -2.17. The number of carbonyl (C=O) groups is 1. The molecule has 0 aliphatic carbocycles. The third-order valence-corrected chi connectivity index (χ3v) is 3.51. The maximum Gasteiger partial charge on any atom is 0.436 e. The summed E-state index contributed by atoms with van der Waals surface area (Å²) in [6.45, 7) is 1.72. The first-order chi connectivity index (χ1) is 10.1. The van der Waals surface area contributed by atoms with E-state index in [1.54, 1.807) is 19.1 Å².